The van der Waals surface area contributed by atoms with Crippen LogP contribution in [0.1, 0.15) is 25.2 Å². The van der Waals surface area contributed by atoms with E-state index in [1.807, 2.05) is 4.90 Å². The zero-order valence-corrected chi connectivity index (χ0v) is 15.0. The molecule has 0 atom stereocenters. The van der Waals surface area contributed by atoms with Crippen LogP contribution in [0.3, 0.4) is 0 Å². The number of aryl methyl sites for hydroxylation is 1. The molecule has 0 radical (unpaired) electrons. The Balaban J connectivity index is 1.25. The van der Waals surface area contributed by atoms with E-state index in [4.69, 9.17) is 14.0 Å². The van der Waals surface area contributed by atoms with Crippen molar-refractivity contribution in [2.75, 3.05) is 26.3 Å². The van der Waals surface area contributed by atoms with Crippen molar-refractivity contribution in [1.29, 1.82) is 0 Å². The summed E-state index contributed by atoms with van der Waals surface area (Å²) in [5.41, 5.74) is 0.677. The summed E-state index contributed by atoms with van der Waals surface area (Å²) in [7, 11) is 0. The largest absolute Gasteiger partial charge is 0.350 e. The van der Waals surface area contributed by atoms with Gasteiger partial charge in [-0.2, -0.15) is 4.98 Å². The molecule has 7 nitrogen and oxygen atoms in total. The minimum absolute atomic E-state index is 0.0863. The number of likely N-dealkylation sites (tertiary alicyclic amines) is 1. The molecule has 27 heavy (non-hydrogen) atoms. The molecular formula is C19H22FN3O4. The van der Waals surface area contributed by atoms with Crippen LogP contribution < -0.4 is 0 Å². The Morgan fingerprint density at radius 3 is 2.56 bits per heavy atom. The van der Waals surface area contributed by atoms with Gasteiger partial charge < -0.3 is 18.9 Å². The number of hydrogen-bond donors (Lipinski definition) is 0. The van der Waals surface area contributed by atoms with E-state index < -0.39 is 0 Å². The number of hydrogen-bond acceptors (Lipinski definition) is 6. The standard InChI is InChI=1S/C19H22FN3O4/c20-15-3-1-13(2-4-15)18-21-16(27-22-18)5-6-17(24)23-9-7-14(8-10-23)19-25-11-12-26-19/h1-4,14,19H,5-12H2. The minimum Gasteiger partial charge on any atom is -0.350 e. The number of carbonyl (C=O) groups excluding carboxylic acids is 1. The summed E-state index contributed by atoms with van der Waals surface area (Å²) in [5.74, 6) is 0.942. The Kier molecular flexibility index (Phi) is 5.45. The number of halogens is 1. The highest BCUT2D eigenvalue weighted by atomic mass is 19.1. The molecule has 0 saturated carbocycles. The number of piperidine rings is 1. The quantitative estimate of drug-likeness (QED) is 0.799. The van der Waals surface area contributed by atoms with E-state index in [9.17, 15) is 9.18 Å². The molecule has 2 fully saturated rings. The molecule has 2 aromatic rings. The van der Waals surface area contributed by atoms with Crippen LogP contribution in [0, 0.1) is 11.7 Å². The maximum atomic E-state index is 13.0. The maximum absolute atomic E-state index is 13.0. The number of carbonyl (C=O) groups is 1. The van der Waals surface area contributed by atoms with Crippen molar-refractivity contribution in [2.24, 2.45) is 5.92 Å². The SMILES string of the molecule is O=C(CCc1nc(-c2ccc(F)cc2)no1)N1CCC(C2OCCO2)CC1. The van der Waals surface area contributed by atoms with Gasteiger partial charge in [0.25, 0.3) is 0 Å². The molecular weight excluding hydrogens is 353 g/mol. The van der Waals surface area contributed by atoms with Crippen molar-refractivity contribution in [3.8, 4) is 11.4 Å². The second kappa shape index (κ2) is 8.14. The van der Waals surface area contributed by atoms with Crippen LogP contribution >= 0.6 is 0 Å². The van der Waals surface area contributed by atoms with Crippen molar-refractivity contribution >= 4 is 5.91 Å². The Morgan fingerprint density at radius 1 is 1.15 bits per heavy atom. The van der Waals surface area contributed by atoms with Crippen molar-refractivity contribution in [3.63, 3.8) is 0 Å². The van der Waals surface area contributed by atoms with Gasteiger partial charge in [-0.1, -0.05) is 5.16 Å². The maximum Gasteiger partial charge on any atom is 0.227 e. The van der Waals surface area contributed by atoms with Gasteiger partial charge in [0.1, 0.15) is 5.82 Å². The minimum atomic E-state index is -0.317. The number of benzene rings is 1. The van der Waals surface area contributed by atoms with Crippen LogP contribution in [0.2, 0.25) is 0 Å². The van der Waals surface area contributed by atoms with E-state index >= 15 is 0 Å². The van der Waals surface area contributed by atoms with E-state index in [1.165, 1.54) is 12.1 Å². The van der Waals surface area contributed by atoms with E-state index in [0.29, 0.717) is 49.3 Å². The molecule has 1 aromatic carbocycles. The van der Waals surface area contributed by atoms with Gasteiger partial charge in [0.05, 0.1) is 13.2 Å². The molecule has 0 bridgehead atoms. The lowest BCUT2D eigenvalue weighted by molar-refractivity contribution is -0.136. The lowest BCUT2D eigenvalue weighted by Crippen LogP contribution is -2.41. The summed E-state index contributed by atoms with van der Waals surface area (Å²) in [6.07, 6.45) is 2.40. The third kappa shape index (κ3) is 4.33. The predicted octanol–water partition coefficient (Wildman–Crippen LogP) is 2.42. The first-order valence-electron chi connectivity index (χ1n) is 9.28. The third-order valence-corrected chi connectivity index (χ3v) is 5.05. The number of nitrogens with zero attached hydrogens (tertiary/aromatic N) is 3. The van der Waals surface area contributed by atoms with Gasteiger partial charge >= 0.3 is 0 Å². The molecule has 3 heterocycles. The second-order valence-corrected chi connectivity index (χ2v) is 6.85. The van der Waals surface area contributed by atoms with Crippen molar-refractivity contribution in [3.05, 3.63) is 36.0 Å². The Morgan fingerprint density at radius 2 is 1.85 bits per heavy atom. The lowest BCUT2D eigenvalue weighted by Gasteiger charge is -2.33. The van der Waals surface area contributed by atoms with Gasteiger partial charge in [0, 0.05) is 37.4 Å². The third-order valence-electron chi connectivity index (χ3n) is 5.05. The van der Waals surface area contributed by atoms with Crippen LogP contribution in [-0.2, 0) is 20.7 Å². The predicted molar refractivity (Wildman–Crippen MR) is 93.0 cm³/mol. The molecule has 1 aromatic heterocycles. The normalized spacial score (nSPS) is 18.9. The molecule has 2 aliphatic rings. The molecule has 144 valence electrons. The Labute approximate surface area is 156 Å². The topological polar surface area (TPSA) is 77.7 Å². The van der Waals surface area contributed by atoms with Crippen molar-refractivity contribution in [1.82, 2.24) is 15.0 Å². The fraction of sp³-hybridized carbons (Fsp3) is 0.526. The smallest absolute Gasteiger partial charge is 0.227 e. The number of aromatic nitrogens is 2. The van der Waals surface area contributed by atoms with Crippen LogP contribution in [-0.4, -0.2) is 53.5 Å². The first-order chi connectivity index (χ1) is 13.2. The molecule has 4 rings (SSSR count). The van der Waals surface area contributed by atoms with E-state index in [1.54, 1.807) is 12.1 Å². The number of ether oxygens (including phenoxy) is 2. The van der Waals surface area contributed by atoms with Gasteiger partial charge in [0.15, 0.2) is 6.29 Å². The summed E-state index contributed by atoms with van der Waals surface area (Å²) in [5, 5.41) is 3.90. The monoisotopic (exact) mass is 375 g/mol. The van der Waals surface area contributed by atoms with Gasteiger partial charge in [-0.15, -0.1) is 0 Å². The van der Waals surface area contributed by atoms with Crippen LogP contribution in [0.4, 0.5) is 4.39 Å². The summed E-state index contributed by atoms with van der Waals surface area (Å²) >= 11 is 0. The molecule has 8 heteroatoms. The highest BCUT2D eigenvalue weighted by Gasteiger charge is 2.31. The number of rotatable bonds is 5. The zero-order chi connectivity index (χ0) is 18.6. The van der Waals surface area contributed by atoms with Crippen LogP contribution in [0.15, 0.2) is 28.8 Å². The first-order valence-corrected chi connectivity index (χ1v) is 9.28. The van der Waals surface area contributed by atoms with Gasteiger partial charge in [-0.3, -0.25) is 4.79 Å². The summed E-state index contributed by atoms with van der Waals surface area (Å²) in [4.78, 5) is 18.6. The van der Waals surface area contributed by atoms with E-state index in [0.717, 1.165) is 25.9 Å². The first kappa shape index (κ1) is 18.1. The highest BCUT2D eigenvalue weighted by Crippen LogP contribution is 2.26. The molecule has 2 aliphatic heterocycles. The summed E-state index contributed by atoms with van der Waals surface area (Å²) in [6.45, 7) is 2.76. The van der Waals surface area contributed by atoms with Gasteiger partial charge in [-0.05, 0) is 37.1 Å². The van der Waals surface area contributed by atoms with Crippen LogP contribution in [0.25, 0.3) is 11.4 Å². The molecule has 0 unspecified atom stereocenters. The molecule has 2 saturated heterocycles. The van der Waals surface area contributed by atoms with Crippen molar-refractivity contribution < 1.29 is 23.2 Å². The number of amides is 1. The Bertz CT molecular complexity index is 766. The highest BCUT2D eigenvalue weighted by molar-refractivity contribution is 5.76. The lowest BCUT2D eigenvalue weighted by atomic mass is 9.96. The molecule has 1 amide bonds. The van der Waals surface area contributed by atoms with E-state index in [2.05, 4.69) is 10.1 Å². The average molecular weight is 375 g/mol. The molecule has 0 aliphatic carbocycles. The summed E-state index contributed by atoms with van der Waals surface area (Å²) < 4.78 is 29.3. The molecule has 0 N–H and O–H groups in total. The van der Waals surface area contributed by atoms with E-state index in [-0.39, 0.29) is 18.0 Å². The fourth-order valence-corrected chi connectivity index (χ4v) is 3.51. The second-order valence-electron chi connectivity index (χ2n) is 6.85. The fourth-order valence-electron chi connectivity index (χ4n) is 3.51. The molecule has 0 spiro atoms. The van der Waals surface area contributed by atoms with Crippen molar-refractivity contribution in [2.45, 2.75) is 32.0 Å². The van der Waals surface area contributed by atoms with Gasteiger partial charge in [-0.25, -0.2) is 4.39 Å². The average Bonchev–Trinajstić information content (AvgIpc) is 3.39. The zero-order valence-electron chi connectivity index (χ0n) is 15.0. The van der Waals surface area contributed by atoms with Crippen LogP contribution in [0.5, 0.6) is 0 Å². The Hall–Kier alpha value is -2.32. The summed E-state index contributed by atoms with van der Waals surface area (Å²) in [6, 6.07) is 5.88. The van der Waals surface area contributed by atoms with Gasteiger partial charge in [0.2, 0.25) is 17.6 Å².